The first-order chi connectivity index (χ1) is 16.4. The van der Waals surface area contributed by atoms with Crippen molar-refractivity contribution in [3.63, 3.8) is 0 Å². The average molecular weight is 483 g/mol. The highest BCUT2D eigenvalue weighted by Crippen LogP contribution is 2.35. The van der Waals surface area contributed by atoms with Crippen molar-refractivity contribution < 1.29 is 14.3 Å². The van der Waals surface area contributed by atoms with E-state index in [9.17, 15) is 9.59 Å². The van der Waals surface area contributed by atoms with Crippen molar-refractivity contribution >= 4 is 33.7 Å². The number of hydrazone groups is 1. The van der Waals surface area contributed by atoms with E-state index in [1.54, 1.807) is 31.4 Å². The largest absolute Gasteiger partial charge is 0.493 e. The van der Waals surface area contributed by atoms with E-state index in [1.807, 2.05) is 19.1 Å². The number of amides is 1. The number of fused-ring (bicyclic) bond motifs is 3. The van der Waals surface area contributed by atoms with Gasteiger partial charge in [-0.15, -0.1) is 11.3 Å². The number of hydrogen-bond acceptors (Lipinski definition) is 7. The van der Waals surface area contributed by atoms with Gasteiger partial charge in [-0.05, 0) is 67.9 Å². The molecule has 9 heteroatoms. The van der Waals surface area contributed by atoms with Crippen molar-refractivity contribution in [2.24, 2.45) is 11.0 Å². The normalized spacial score (nSPS) is 16.4. The van der Waals surface area contributed by atoms with Gasteiger partial charge in [-0.25, -0.2) is 10.4 Å². The molecule has 0 radical (unpaired) electrons. The Morgan fingerprint density at radius 1 is 1.41 bits per heavy atom. The minimum Gasteiger partial charge on any atom is -0.493 e. The molecular weight excluding hydrogens is 452 g/mol. The summed E-state index contributed by atoms with van der Waals surface area (Å²) in [6.45, 7) is 6.54. The molecule has 8 nitrogen and oxygen atoms in total. The van der Waals surface area contributed by atoms with Crippen molar-refractivity contribution in [2.45, 2.75) is 52.5 Å². The number of rotatable bonds is 8. The van der Waals surface area contributed by atoms with Gasteiger partial charge in [-0.1, -0.05) is 13.8 Å². The maximum atomic E-state index is 13.2. The van der Waals surface area contributed by atoms with Crippen LogP contribution in [0.4, 0.5) is 0 Å². The first kappa shape index (κ1) is 23.9. The van der Waals surface area contributed by atoms with E-state index in [4.69, 9.17) is 9.47 Å². The third-order valence-electron chi connectivity index (χ3n) is 6.08. The highest BCUT2D eigenvalue weighted by Gasteiger charge is 2.25. The number of nitrogens with one attached hydrogen (secondary N) is 1. The lowest BCUT2D eigenvalue weighted by Gasteiger charge is -2.18. The zero-order chi connectivity index (χ0) is 24.2. The minimum atomic E-state index is -0.751. The average Bonchev–Trinajstić information content (AvgIpc) is 3.21. The number of benzene rings is 1. The summed E-state index contributed by atoms with van der Waals surface area (Å²) < 4.78 is 12.4. The van der Waals surface area contributed by atoms with Crippen molar-refractivity contribution in [3.8, 4) is 11.5 Å². The van der Waals surface area contributed by atoms with Crippen LogP contribution in [0.5, 0.6) is 11.5 Å². The first-order valence-electron chi connectivity index (χ1n) is 11.6. The van der Waals surface area contributed by atoms with Crippen molar-refractivity contribution in [1.82, 2.24) is 15.0 Å². The smallest absolute Gasteiger partial charge is 0.263 e. The lowest BCUT2D eigenvalue weighted by Crippen LogP contribution is -2.34. The maximum absolute atomic E-state index is 13.2. The second kappa shape index (κ2) is 10.4. The van der Waals surface area contributed by atoms with Gasteiger partial charge in [0.2, 0.25) is 0 Å². The molecule has 0 bridgehead atoms. The molecule has 2 atom stereocenters. The SMILES string of the molecule is CCCOc1ccc(C=NNC(=O)C(C)n2cnc3sc4c(c3c2=O)CCC(C)C4)cc1OC. The van der Waals surface area contributed by atoms with Crippen LogP contribution in [-0.2, 0) is 17.6 Å². The monoisotopic (exact) mass is 482 g/mol. The van der Waals surface area contributed by atoms with Crippen LogP contribution < -0.4 is 20.5 Å². The molecule has 34 heavy (non-hydrogen) atoms. The number of aromatic nitrogens is 2. The number of hydrogen-bond donors (Lipinski definition) is 1. The molecular formula is C25H30N4O4S. The topological polar surface area (TPSA) is 94.8 Å². The molecule has 1 aromatic carbocycles. The molecule has 180 valence electrons. The third kappa shape index (κ3) is 4.84. The summed E-state index contributed by atoms with van der Waals surface area (Å²) in [5.41, 5.74) is 4.21. The summed E-state index contributed by atoms with van der Waals surface area (Å²) in [4.78, 5) is 32.5. The summed E-state index contributed by atoms with van der Waals surface area (Å²) in [5.74, 6) is 1.47. The molecule has 0 saturated carbocycles. The van der Waals surface area contributed by atoms with Gasteiger partial charge in [0.25, 0.3) is 11.5 Å². The maximum Gasteiger partial charge on any atom is 0.263 e. The van der Waals surface area contributed by atoms with E-state index in [1.165, 1.54) is 22.0 Å². The van der Waals surface area contributed by atoms with Crippen LogP contribution in [0.25, 0.3) is 10.2 Å². The fourth-order valence-corrected chi connectivity index (χ4v) is 5.45. The first-order valence-corrected chi connectivity index (χ1v) is 12.4. The highest BCUT2D eigenvalue weighted by atomic mass is 32.1. The van der Waals surface area contributed by atoms with E-state index >= 15 is 0 Å². The zero-order valence-corrected chi connectivity index (χ0v) is 20.8. The molecule has 0 spiro atoms. The summed E-state index contributed by atoms with van der Waals surface area (Å²) in [6.07, 6.45) is 6.82. The molecule has 3 aromatic rings. The molecule has 4 rings (SSSR count). The Hall–Kier alpha value is -3.20. The Kier molecular flexibility index (Phi) is 7.31. The van der Waals surface area contributed by atoms with Crippen LogP contribution in [0.2, 0.25) is 0 Å². The Labute approximate surface area is 202 Å². The number of methoxy groups -OCH3 is 1. The molecule has 1 N–H and O–H groups in total. The number of carbonyl (C=O) groups excluding carboxylic acids is 1. The molecule has 1 amide bonds. The second-order valence-electron chi connectivity index (χ2n) is 8.66. The van der Waals surface area contributed by atoms with Crippen LogP contribution in [0.1, 0.15) is 55.7 Å². The number of ether oxygens (including phenoxy) is 2. The van der Waals surface area contributed by atoms with E-state index in [0.717, 1.165) is 41.6 Å². The van der Waals surface area contributed by atoms with Gasteiger partial charge < -0.3 is 9.47 Å². The Morgan fingerprint density at radius 3 is 3.00 bits per heavy atom. The number of thiophene rings is 1. The molecule has 1 aliphatic rings. The Morgan fingerprint density at radius 2 is 2.24 bits per heavy atom. The molecule has 0 fully saturated rings. The summed E-state index contributed by atoms with van der Waals surface area (Å²) in [7, 11) is 1.58. The zero-order valence-electron chi connectivity index (χ0n) is 20.0. The van der Waals surface area contributed by atoms with Crippen LogP contribution in [0.3, 0.4) is 0 Å². The van der Waals surface area contributed by atoms with Gasteiger partial charge in [0.05, 0.1) is 31.6 Å². The molecule has 1 aliphatic carbocycles. The fraction of sp³-hybridized carbons (Fsp3) is 0.440. The standard InChI is InChI=1S/C25H30N4O4S/c1-5-10-33-19-9-7-17(12-20(19)32-4)13-27-28-23(30)16(3)29-14-26-24-22(25(29)31)18-8-6-15(2)11-21(18)34-24/h7,9,12-16H,5-6,8,10-11H2,1-4H3,(H,28,30). The Balaban J connectivity index is 1.48. The van der Waals surface area contributed by atoms with Crippen LogP contribution in [0.15, 0.2) is 34.4 Å². The third-order valence-corrected chi connectivity index (χ3v) is 7.24. The quantitative estimate of drug-likeness (QED) is 0.385. The summed E-state index contributed by atoms with van der Waals surface area (Å²) >= 11 is 1.60. The van der Waals surface area contributed by atoms with Gasteiger partial charge in [0, 0.05) is 4.88 Å². The summed E-state index contributed by atoms with van der Waals surface area (Å²) in [5, 5.41) is 4.72. The summed E-state index contributed by atoms with van der Waals surface area (Å²) in [6, 6.07) is 4.67. The predicted octanol–water partition coefficient (Wildman–Crippen LogP) is 4.09. The molecule has 2 unspecified atom stereocenters. The molecule has 2 aromatic heterocycles. The van der Waals surface area contributed by atoms with Gasteiger partial charge >= 0.3 is 0 Å². The molecule has 0 aliphatic heterocycles. The van der Waals surface area contributed by atoms with Gasteiger partial charge in [0.15, 0.2) is 11.5 Å². The fourth-order valence-electron chi connectivity index (χ4n) is 4.11. The van der Waals surface area contributed by atoms with Crippen LogP contribution in [-0.4, -0.2) is 35.4 Å². The van der Waals surface area contributed by atoms with Crippen molar-refractivity contribution in [1.29, 1.82) is 0 Å². The van der Waals surface area contributed by atoms with Crippen molar-refractivity contribution in [2.75, 3.05) is 13.7 Å². The molecule has 2 heterocycles. The van der Waals surface area contributed by atoms with Gasteiger partial charge in [-0.2, -0.15) is 5.10 Å². The number of aryl methyl sites for hydroxylation is 1. The van der Waals surface area contributed by atoms with E-state index < -0.39 is 11.9 Å². The van der Waals surface area contributed by atoms with E-state index in [2.05, 4.69) is 22.4 Å². The van der Waals surface area contributed by atoms with Crippen LogP contribution >= 0.6 is 11.3 Å². The van der Waals surface area contributed by atoms with Gasteiger partial charge in [-0.3, -0.25) is 14.2 Å². The number of carbonyl (C=O) groups is 1. The van der Waals surface area contributed by atoms with Crippen molar-refractivity contribution in [3.05, 3.63) is 50.9 Å². The predicted molar refractivity (Wildman–Crippen MR) is 134 cm³/mol. The highest BCUT2D eigenvalue weighted by molar-refractivity contribution is 7.18. The molecule has 0 saturated heterocycles. The Bertz CT molecular complexity index is 1280. The lowest BCUT2D eigenvalue weighted by atomic mass is 9.89. The van der Waals surface area contributed by atoms with Crippen LogP contribution in [0, 0.1) is 5.92 Å². The second-order valence-corrected chi connectivity index (χ2v) is 9.74. The lowest BCUT2D eigenvalue weighted by molar-refractivity contribution is -0.123. The number of nitrogens with zero attached hydrogens (tertiary/aromatic N) is 3. The van der Waals surface area contributed by atoms with E-state index in [0.29, 0.717) is 29.4 Å². The van der Waals surface area contributed by atoms with Gasteiger partial charge in [0.1, 0.15) is 10.9 Å². The minimum absolute atomic E-state index is 0.170. The van der Waals surface area contributed by atoms with E-state index in [-0.39, 0.29) is 5.56 Å².